The van der Waals surface area contributed by atoms with Gasteiger partial charge in [0.05, 0.1) is 16.8 Å². The second kappa shape index (κ2) is 6.39. The highest BCUT2D eigenvalue weighted by atomic mass is 19.4. The molecule has 0 fully saturated rings. The van der Waals surface area contributed by atoms with E-state index in [1.807, 2.05) is 0 Å². The lowest BCUT2D eigenvalue weighted by Crippen LogP contribution is -2.21. The number of halogens is 3. The lowest BCUT2D eigenvalue weighted by molar-refractivity contribution is -0.137. The second-order valence-electron chi connectivity index (χ2n) is 4.45. The molecule has 0 aliphatic carbocycles. The van der Waals surface area contributed by atoms with Gasteiger partial charge in [-0.1, -0.05) is 12.1 Å². The summed E-state index contributed by atoms with van der Waals surface area (Å²) in [6, 6.07) is 8.74. The standard InChI is InChI=1S/C15H11F3N2O3/c16-15(17,18)9-5-7-10(8-6-9)23-13(21)11-3-1-2-4-12(11)20-14(19)22/h1-8H,(H3,19,20,22). The SMILES string of the molecule is NC(=O)Nc1ccccc1C(=O)Oc1ccc(C(F)(F)F)cc1. The highest BCUT2D eigenvalue weighted by molar-refractivity contribution is 6.01. The lowest BCUT2D eigenvalue weighted by Gasteiger charge is -2.10. The Morgan fingerprint density at radius 1 is 1.00 bits per heavy atom. The third-order valence-corrected chi connectivity index (χ3v) is 2.80. The molecule has 0 aliphatic rings. The van der Waals surface area contributed by atoms with Crippen molar-refractivity contribution in [3.8, 4) is 5.75 Å². The fourth-order valence-corrected chi connectivity index (χ4v) is 1.78. The average Bonchev–Trinajstić information content (AvgIpc) is 2.46. The maximum absolute atomic E-state index is 12.5. The van der Waals surface area contributed by atoms with Crippen LogP contribution >= 0.6 is 0 Å². The maximum Gasteiger partial charge on any atom is 0.416 e. The topological polar surface area (TPSA) is 81.4 Å². The molecular formula is C15H11F3N2O3. The molecule has 0 bridgehead atoms. The minimum Gasteiger partial charge on any atom is -0.423 e. The first-order chi connectivity index (χ1) is 10.8. The van der Waals surface area contributed by atoms with Gasteiger partial charge in [-0.05, 0) is 36.4 Å². The van der Waals surface area contributed by atoms with Crippen LogP contribution in [0, 0.1) is 0 Å². The Morgan fingerprint density at radius 2 is 1.61 bits per heavy atom. The predicted octanol–water partition coefficient (Wildman–Crippen LogP) is 3.42. The van der Waals surface area contributed by atoms with Crippen LogP contribution in [-0.4, -0.2) is 12.0 Å². The number of carbonyl (C=O) groups excluding carboxylic acids is 2. The van der Waals surface area contributed by atoms with Gasteiger partial charge in [0.2, 0.25) is 0 Å². The maximum atomic E-state index is 12.5. The van der Waals surface area contributed by atoms with Crippen LogP contribution in [0.2, 0.25) is 0 Å². The van der Waals surface area contributed by atoms with Crippen molar-refractivity contribution in [1.82, 2.24) is 0 Å². The van der Waals surface area contributed by atoms with Gasteiger partial charge in [0.25, 0.3) is 0 Å². The van der Waals surface area contributed by atoms with Crippen molar-refractivity contribution in [2.75, 3.05) is 5.32 Å². The zero-order valence-electron chi connectivity index (χ0n) is 11.6. The van der Waals surface area contributed by atoms with E-state index in [1.165, 1.54) is 18.2 Å². The van der Waals surface area contributed by atoms with E-state index in [0.717, 1.165) is 24.3 Å². The molecule has 8 heteroatoms. The highest BCUT2D eigenvalue weighted by Crippen LogP contribution is 2.30. The predicted molar refractivity (Wildman–Crippen MR) is 76.1 cm³/mol. The van der Waals surface area contributed by atoms with Crippen LogP contribution in [0.15, 0.2) is 48.5 Å². The minimum atomic E-state index is -4.47. The van der Waals surface area contributed by atoms with E-state index in [9.17, 15) is 22.8 Å². The van der Waals surface area contributed by atoms with Gasteiger partial charge < -0.3 is 15.8 Å². The zero-order valence-corrected chi connectivity index (χ0v) is 11.6. The molecule has 3 N–H and O–H groups in total. The van der Waals surface area contributed by atoms with E-state index >= 15 is 0 Å². The second-order valence-corrected chi connectivity index (χ2v) is 4.45. The molecule has 23 heavy (non-hydrogen) atoms. The van der Waals surface area contributed by atoms with E-state index in [0.29, 0.717) is 0 Å². The van der Waals surface area contributed by atoms with Crippen molar-refractivity contribution in [2.24, 2.45) is 5.73 Å². The first-order valence-electron chi connectivity index (χ1n) is 6.32. The van der Waals surface area contributed by atoms with Crippen LogP contribution in [0.3, 0.4) is 0 Å². The molecule has 0 atom stereocenters. The molecule has 5 nitrogen and oxygen atoms in total. The Kier molecular flexibility index (Phi) is 4.54. The number of urea groups is 1. The van der Waals surface area contributed by atoms with Crippen molar-refractivity contribution in [3.63, 3.8) is 0 Å². The lowest BCUT2D eigenvalue weighted by atomic mass is 10.1. The quantitative estimate of drug-likeness (QED) is 0.670. The van der Waals surface area contributed by atoms with Gasteiger partial charge in [-0.2, -0.15) is 13.2 Å². The first kappa shape index (κ1) is 16.3. The summed E-state index contributed by atoms with van der Waals surface area (Å²) in [5.41, 5.74) is 4.30. The third kappa shape index (κ3) is 4.22. The number of esters is 1. The fraction of sp³-hybridized carbons (Fsp3) is 0.0667. The van der Waals surface area contributed by atoms with Gasteiger partial charge in [0.1, 0.15) is 5.75 Å². The first-order valence-corrected chi connectivity index (χ1v) is 6.32. The number of hydrogen-bond donors (Lipinski definition) is 2. The summed E-state index contributed by atoms with van der Waals surface area (Å²) < 4.78 is 42.4. The smallest absolute Gasteiger partial charge is 0.416 e. The number of benzene rings is 2. The van der Waals surface area contributed by atoms with E-state index in [2.05, 4.69) is 5.32 Å². The van der Waals surface area contributed by atoms with E-state index in [-0.39, 0.29) is 17.0 Å². The molecular weight excluding hydrogens is 313 g/mol. The number of amides is 2. The Morgan fingerprint density at radius 3 is 2.17 bits per heavy atom. The van der Waals surface area contributed by atoms with E-state index < -0.39 is 23.7 Å². The molecule has 2 rings (SSSR count). The number of ether oxygens (including phenoxy) is 1. The fourth-order valence-electron chi connectivity index (χ4n) is 1.78. The Hall–Kier alpha value is -3.03. The number of rotatable bonds is 3. The Bertz CT molecular complexity index is 727. The molecule has 0 unspecified atom stereocenters. The Labute approximate surface area is 128 Å². The molecule has 120 valence electrons. The Balaban J connectivity index is 2.18. The number of alkyl halides is 3. The number of carbonyl (C=O) groups is 2. The summed E-state index contributed by atoms with van der Waals surface area (Å²) in [5, 5.41) is 2.26. The van der Waals surface area contributed by atoms with Gasteiger partial charge in [-0.3, -0.25) is 0 Å². The summed E-state index contributed by atoms with van der Waals surface area (Å²) in [6.07, 6.45) is -4.47. The number of nitrogens with two attached hydrogens (primary N) is 1. The average molecular weight is 324 g/mol. The summed E-state index contributed by atoms with van der Waals surface area (Å²) in [4.78, 5) is 22.9. The molecule has 0 aliphatic heterocycles. The monoisotopic (exact) mass is 324 g/mol. The van der Waals surface area contributed by atoms with Crippen LogP contribution in [0.25, 0.3) is 0 Å². The molecule has 0 spiro atoms. The number of primary amides is 1. The molecule has 0 aromatic heterocycles. The van der Waals surface area contributed by atoms with Crippen LogP contribution in [0.1, 0.15) is 15.9 Å². The molecule has 2 amide bonds. The van der Waals surface area contributed by atoms with Crippen molar-refractivity contribution in [3.05, 3.63) is 59.7 Å². The van der Waals surface area contributed by atoms with Gasteiger partial charge in [-0.25, -0.2) is 9.59 Å². The summed E-state index contributed by atoms with van der Waals surface area (Å²) in [7, 11) is 0. The third-order valence-electron chi connectivity index (χ3n) is 2.80. The van der Waals surface area contributed by atoms with Crippen molar-refractivity contribution in [2.45, 2.75) is 6.18 Å². The molecule has 2 aromatic rings. The van der Waals surface area contributed by atoms with Crippen LogP contribution in [-0.2, 0) is 6.18 Å². The van der Waals surface area contributed by atoms with Crippen molar-refractivity contribution < 1.29 is 27.5 Å². The molecule has 2 aromatic carbocycles. The molecule has 0 saturated heterocycles. The summed E-state index contributed by atoms with van der Waals surface area (Å²) in [6.45, 7) is 0. The molecule has 0 saturated carbocycles. The largest absolute Gasteiger partial charge is 0.423 e. The van der Waals surface area contributed by atoms with Crippen molar-refractivity contribution in [1.29, 1.82) is 0 Å². The number of para-hydroxylation sites is 1. The van der Waals surface area contributed by atoms with Crippen LogP contribution in [0.4, 0.5) is 23.7 Å². The van der Waals surface area contributed by atoms with E-state index in [4.69, 9.17) is 10.5 Å². The molecule has 0 radical (unpaired) electrons. The normalized spacial score (nSPS) is 10.9. The number of hydrogen-bond acceptors (Lipinski definition) is 3. The van der Waals surface area contributed by atoms with Gasteiger partial charge in [0.15, 0.2) is 0 Å². The zero-order chi connectivity index (χ0) is 17.0. The van der Waals surface area contributed by atoms with Gasteiger partial charge in [0, 0.05) is 0 Å². The van der Waals surface area contributed by atoms with Crippen molar-refractivity contribution >= 4 is 17.7 Å². The summed E-state index contributed by atoms with van der Waals surface area (Å²) >= 11 is 0. The van der Waals surface area contributed by atoms with Crippen LogP contribution in [0.5, 0.6) is 5.75 Å². The van der Waals surface area contributed by atoms with Gasteiger partial charge >= 0.3 is 18.2 Å². The minimum absolute atomic E-state index is 0.0196. The summed E-state index contributed by atoms with van der Waals surface area (Å²) in [5.74, 6) is -0.897. The van der Waals surface area contributed by atoms with Gasteiger partial charge in [-0.15, -0.1) is 0 Å². The number of nitrogens with one attached hydrogen (secondary N) is 1. The van der Waals surface area contributed by atoms with Crippen LogP contribution < -0.4 is 15.8 Å². The molecule has 0 heterocycles. The highest BCUT2D eigenvalue weighted by Gasteiger charge is 2.30. The van der Waals surface area contributed by atoms with E-state index in [1.54, 1.807) is 6.07 Å². The number of anilines is 1.